The first-order chi connectivity index (χ1) is 11.9. The maximum atomic E-state index is 12.4. The molecule has 0 spiro atoms. The molecule has 0 saturated heterocycles. The van der Waals surface area contributed by atoms with E-state index in [4.69, 9.17) is 0 Å². The highest BCUT2D eigenvalue weighted by Crippen LogP contribution is 2.40. The van der Waals surface area contributed by atoms with E-state index in [9.17, 15) is 9.59 Å². The summed E-state index contributed by atoms with van der Waals surface area (Å²) in [6.45, 7) is 7.96. The lowest BCUT2D eigenvalue weighted by Crippen LogP contribution is -2.21. The number of carbonyl (C=O) groups is 2. The second kappa shape index (κ2) is 6.71. The summed E-state index contributed by atoms with van der Waals surface area (Å²) in [5.41, 5.74) is 5.97. The van der Waals surface area contributed by atoms with Crippen LogP contribution in [0.2, 0.25) is 0 Å². The summed E-state index contributed by atoms with van der Waals surface area (Å²) in [6.07, 6.45) is 0.605. The molecular weight excluding hydrogens is 312 g/mol. The van der Waals surface area contributed by atoms with E-state index in [0.29, 0.717) is 6.42 Å². The predicted octanol–water partition coefficient (Wildman–Crippen LogP) is 4.13. The summed E-state index contributed by atoms with van der Waals surface area (Å²) >= 11 is 0. The Morgan fingerprint density at radius 2 is 1.48 bits per heavy atom. The Balaban J connectivity index is 1.62. The van der Waals surface area contributed by atoms with Crippen molar-refractivity contribution in [3.05, 3.63) is 58.7 Å². The Morgan fingerprint density at radius 1 is 0.840 bits per heavy atom. The first kappa shape index (κ1) is 17.2. The molecule has 0 aliphatic heterocycles. The predicted molar refractivity (Wildman–Crippen MR) is 101 cm³/mol. The van der Waals surface area contributed by atoms with Crippen LogP contribution in [0.1, 0.15) is 28.7 Å². The normalized spacial score (nSPS) is 18.6. The number of hydrogen-bond donors (Lipinski definition) is 2. The van der Waals surface area contributed by atoms with Crippen molar-refractivity contribution in [1.29, 1.82) is 0 Å². The van der Waals surface area contributed by atoms with Crippen molar-refractivity contribution in [1.82, 2.24) is 0 Å². The van der Waals surface area contributed by atoms with Gasteiger partial charge in [-0.2, -0.15) is 0 Å². The summed E-state index contributed by atoms with van der Waals surface area (Å²) < 4.78 is 0. The van der Waals surface area contributed by atoms with E-state index in [-0.39, 0.29) is 23.7 Å². The second-order valence-electron chi connectivity index (χ2n) is 6.99. The maximum Gasteiger partial charge on any atom is 0.228 e. The molecular formula is C21H24N2O2. The van der Waals surface area contributed by atoms with E-state index in [1.165, 1.54) is 0 Å². The molecule has 0 radical (unpaired) electrons. The summed E-state index contributed by atoms with van der Waals surface area (Å²) in [5.74, 6) is -0.639. The Labute approximate surface area is 148 Å². The van der Waals surface area contributed by atoms with Gasteiger partial charge in [-0.05, 0) is 68.5 Å². The number of aryl methyl sites for hydroxylation is 3. The van der Waals surface area contributed by atoms with E-state index >= 15 is 0 Å². The zero-order chi connectivity index (χ0) is 18.1. The van der Waals surface area contributed by atoms with Crippen LogP contribution in [0.25, 0.3) is 0 Å². The summed E-state index contributed by atoms with van der Waals surface area (Å²) in [5, 5.41) is 5.93. The molecule has 0 aromatic heterocycles. The molecule has 1 aliphatic rings. The molecule has 1 saturated carbocycles. The van der Waals surface area contributed by atoms with Gasteiger partial charge in [0.25, 0.3) is 0 Å². The minimum absolute atomic E-state index is 0.0742. The van der Waals surface area contributed by atoms with Crippen LogP contribution in [0, 0.1) is 39.5 Å². The minimum Gasteiger partial charge on any atom is -0.326 e. The number of carbonyl (C=O) groups excluding carboxylic acids is 2. The number of benzene rings is 2. The average Bonchev–Trinajstić information content (AvgIpc) is 3.36. The SMILES string of the molecule is Cc1ccc(C)c(NC(=O)C2CC2C(=O)Nc2cccc(C)c2C)c1. The molecule has 3 rings (SSSR count). The summed E-state index contributed by atoms with van der Waals surface area (Å²) in [4.78, 5) is 24.9. The van der Waals surface area contributed by atoms with Crippen molar-refractivity contribution in [3.63, 3.8) is 0 Å². The molecule has 25 heavy (non-hydrogen) atoms. The molecule has 2 aromatic carbocycles. The highest BCUT2D eigenvalue weighted by Gasteiger charge is 2.48. The summed E-state index contributed by atoms with van der Waals surface area (Å²) in [7, 11) is 0. The fourth-order valence-electron chi connectivity index (χ4n) is 2.98. The third kappa shape index (κ3) is 3.73. The zero-order valence-corrected chi connectivity index (χ0v) is 15.1. The molecule has 1 fully saturated rings. The fourth-order valence-corrected chi connectivity index (χ4v) is 2.98. The number of anilines is 2. The standard InChI is InChI=1S/C21H24N2O2/c1-12-8-9-14(3)19(10-12)23-21(25)17-11-16(17)20(24)22-18-7-5-6-13(2)15(18)4/h5-10,16-17H,11H2,1-4H3,(H,22,24)(H,23,25). The van der Waals surface area contributed by atoms with Gasteiger partial charge in [0.2, 0.25) is 11.8 Å². The van der Waals surface area contributed by atoms with Gasteiger partial charge in [-0.25, -0.2) is 0 Å². The van der Waals surface area contributed by atoms with E-state index < -0.39 is 0 Å². The van der Waals surface area contributed by atoms with Gasteiger partial charge in [0.15, 0.2) is 0 Å². The highest BCUT2D eigenvalue weighted by atomic mass is 16.2. The van der Waals surface area contributed by atoms with Gasteiger partial charge < -0.3 is 10.6 Å². The third-order valence-electron chi connectivity index (χ3n) is 4.98. The van der Waals surface area contributed by atoms with Crippen molar-refractivity contribution in [2.45, 2.75) is 34.1 Å². The van der Waals surface area contributed by atoms with Gasteiger partial charge in [0.1, 0.15) is 0 Å². The largest absolute Gasteiger partial charge is 0.326 e. The van der Waals surface area contributed by atoms with Crippen LogP contribution in [-0.4, -0.2) is 11.8 Å². The smallest absolute Gasteiger partial charge is 0.228 e. The quantitative estimate of drug-likeness (QED) is 0.882. The molecule has 2 N–H and O–H groups in total. The molecule has 2 unspecified atom stereocenters. The number of rotatable bonds is 4. The van der Waals surface area contributed by atoms with Gasteiger partial charge >= 0.3 is 0 Å². The first-order valence-corrected chi connectivity index (χ1v) is 8.62. The van der Waals surface area contributed by atoms with Crippen LogP contribution in [0.5, 0.6) is 0 Å². The Hall–Kier alpha value is -2.62. The number of amides is 2. The Bertz CT molecular complexity index is 822. The van der Waals surface area contributed by atoms with Crippen LogP contribution in [0.4, 0.5) is 11.4 Å². The Kier molecular flexibility index (Phi) is 4.62. The lowest BCUT2D eigenvalue weighted by Gasteiger charge is -2.11. The topological polar surface area (TPSA) is 58.2 Å². The monoisotopic (exact) mass is 336 g/mol. The average molecular weight is 336 g/mol. The van der Waals surface area contributed by atoms with Crippen LogP contribution < -0.4 is 10.6 Å². The van der Waals surface area contributed by atoms with Crippen LogP contribution in [-0.2, 0) is 9.59 Å². The lowest BCUT2D eigenvalue weighted by atomic mass is 10.1. The van der Waals surface area contributed by atoms with E-state index in [2.05, 4.69) is 10.6 Å². The molecule has 0 bridgehead atoms. The van der Waals surface area contributed by atoms with Gasteiger partial charge in [0.05, 0.1) is 11.8 Å². The van der Waals surface area contributed by atoms with Gasteiger partial charge in [-0.3, -0.25) is 9.59 Å². The maximum absolute atomic E-state index is 12.4. The van der Waals surface area contributed by atoms with Gasteiger partial charge in [-0.1, -0.05) is 24.3 Å². The summed E-state index contributed by atoms with van der Waals surface area (Å²) in [6, 6.07) is 11.8. The third-order valence-corrected chi connectivity index (χ3v) is 4.98. The van der Waals surface area contributed by atoms with E-state index in [1.807, 2.05) is 64.1 Å². The van der Waals surface area contributed by atoms with E-state index in [1.54, 1.807) is 0 Å². The van der Waals surface area contributed by atoms with Crippen LogP contribution in [0.3, 0.4) is 0 Å². The van der Waals surface area contributed by atoms with Crippen LogP contribution in [0.15, 0.2) is 36.4 Å². The van der Waals surface area contributed by atoms with Crippen molar-refractivity contribution in [2.24, 2.45) is 11.8 Å². The number of hydrogen-bond acceptors (Lipinski definition) is 2. The molecule has 0 heterocycles. The lowest BCUT2D eigenvalue weighted by molar-refractivity contribution is -0.122. The molecule has 2 atom stereocenters. The number of nitrogens with one attached hydrogen (secondary N) is 2. The molecule has 1 aliphatic carbocycles. The van der Waals surface area contributed by atoms with Crippen molar-refractivity contribution in [3.8, 4) is 0 Å². The Morgan fingerprint density at radius 3 is 2.16 bits per heavy atom. The fraction of sp³-hybridized carbons (Fsp3) is 0.333. The minimum atomic E-state index is -0.245. The van der Waals surface area contributed by atoms with Crippen molar-refractivity contribution < 1.29 is 9.59 Å². The van der Waals surface area contributed by atoms with Crippen molar-refractivity contribution in [2.75, 3.05) is 10.6 Å². The van der Waals surface area contributed by atoms with Crippen LogP contribution >= 0.6 is 0 Å². The molecule has 4 heteroatoms. The van der Waals surface area contributed by atoms with Crippen molar-refractivity contribution >= 4 is 23.2 Å². The molecule has 2 aromatic rings. The molecule has 130 valence electrons. The molecule has 4 nitrogen and oxygen atoms in total. The van der Waals surface area contributed by atoms with Gasteiger partial charge in [0, 0.05) is 11.4 Å². The second-order valence-corrected chi connectivity index (χ2v) is 6.99. The van der Waals surface area contributed by atoms with Gasteiger partial charge in [-0.15, -0.1) is 0 Å². The highest BCUT2D eigenvalue weighted by molar-refractivity contribution is 6.03. The first-order valence-electron chi connectivity index (χ1n) is 8.62. The zero-order valence-electron chi connectivity index (χ0n) is 15.1. The molecule has 2 amide bonds. The van der Waals surface area contributed by atoms with E-state index in [0.717, 1.165) is 33.6 Å².